The lowest BCUT2D eigenvalue weighted by Crippen LogP contribution is -2.61. The Hall–Kier alpha value is -3.60. The number of imide groups is 1. The van der Waals surface area contributed by atoms with E-state index >= 15 is 0 Å². The van der Waals surface area contributed by atoms with Crippen LogP contribution in [0.15, 0.2) is 48.5 Å². The summed E-state index contributed by atoms with van der Waals surface area (Å²) in [5.74, 6) is -1.66. The van der Waals surface area contributed by atoms with Crippen LogP contribution in [0.1, 0.15) is 46.5 Å². The molecule has 3 N–H and O–H groups in total. The standard InChI is InChI=1S/C26H29N3O7/c1-4-28-14-29(25(34)27-24(28)33)19-13-26(35,22(32)18-12-8-6-10-16(18)3)23(36-19)21(31)20(30)17-11-7-5-9-15(17)2/h5-12,19-20,23,30,35H,4,13-14H2,1-3H3,(H,27,33,34)/t19-,20?,23+,26+/m0/s1. The summed E-state index contributed by atoms with van der Waals surface area (Å²) in [6.45, 7) is 5.30. The number of amides is 4. The van der Waals surface area contributed by atoms with Crippen LogP contribution < -0.4 is 5.32 Å². The van der Waals surface area contributed by atoms with Gasteiger partial charge in [0, 0.05) is 18.5 Å². The van der Waals surface area contributed by atoms with Crippen molar-refractivity contribution in [1.29, 1.82) is 0 Å². The van der Waals surface area contributed by atoms with Gasteiger partial charge in [0.25, 0.3) is 0 Å². The van der Waals surface area contributed by atoms with Crippen molar-refractivity contribution in [3.8, 4) is 0 Å². The fourth-order valence-corrected chi connectivity index (χ4v) is 4.66. The number of aliphatic hydroxyl groups is 2. The van der Waals surface area contributed by atoms with Crippen LogP contribution >= 0.6 is 0 Å². The molecule has 10 nitrogen and oxygen atoms in total. The molecule has 0 aliphatic carbocycles. The molecule has 4 atom stereocenters. The molecule has 2 aliphatic rings. The number of nitrogens with zero attached hydrogens (tertiary/aromatic N) is 2. The zero-order valence-electron chi connectivity index (χ0n) is 20.3. The number of carbonyl (C=O) groups excluding carboxylic acids is 4. The van der Waals surface area contributed by atoms with Gasteiger partial charge in [-0.2, -0.15) is 0 Å². The number of urea groups is 2. The van der Waals surface area contributed by atoms with Crippen LogP contribution in [0.25, 0.3) is 0 Å². The largest absolute Gasteiger partial charge is 0.380 e. The van der Waals surface area contributed by atoms with Crippen LogP contribution in [-0.4, -0.2) is 74.8 Å². The highest BCUT2D eigenvalue weighted by Gasteiger charge is 2.59. The van der Waals surface area contributed by atoms with Gasteiger partial charge in [-0.1, -0.05) is 48.5 Å². The van der Waals surface area contributed by atoms with Gasteiger partial charge in [0.05, 0.1) is 0 Å². The average molecular weight is 496 g/mol. The number of aliphatic hydroxyl groups excluding tert-OH is 1. The third-order valence-electron chi connectivity index (χ3n) is 6.82. The average Bonchev–Trinajstić information content (AvgIpc) is 3.21. The van der Waals surface area contributed by atoms with Crippen molar-refractivity contribution < 1.29 is 34.1 Å². The highest BCUT2D eigenvalue weighted by atomic mass is 16.5. The molecule has 2 aromatic rings. The van der Waals surface area contributed by atoms with Gasteiger partial charge >= 0.3 is 12.1 Å². The summed E-state index contributed by atoms with van der Waals surface area (Å²) in [4.78, 5) is 54.4. The second-order valence-electron chi connectivity index (χ2n) is 9.11. The normalized spacial score (nSPS) is 25.0. The van der Waals surface area contributed by atoms with E-state index in [4.69, 9.17) is 4.74 Å². The van der Waals surface area contributed by atoms with E-state index in [0.717, 1.165) is 4.90 Å². The minimum atomic E-state index is -2.36. The molecule has 0 spiro atoms. The number of ketones is 2. The fourth-order valence-electron chi connectivity index (χ4n) is 4.66. The number of nitrogens with one attached hydrogen (secondary N) is 1. The Kier molecular flexibility index (Phi) is 6.94. The van der Waals surface area contributed by atoms with Crippen molar-refractivity contribution in [1.82, 2.24) is 15.1 Å². The molecule has 1 unspecified atom stereocenters. The number of Topliss-reactive ketones (excluding diaryl/α,β-unsaturated/α-hetero) is 2. The number of ether oxygens (including phenoxy) is 1. The fraction of sp³-hybridized carbons (Fsp3) is 0.385. The van der Waals surface area contributed by atoms with Crippen molar-refractivity contribution in [3.05, 3.63) is 70.8 Å². The third-order valence-corrected chi connectivity index (χ3v) is 6.82. The van der Waals surface area contributed by atoms with Crippen LogP contribution in [0.2, 0.25) is 0 Å². The van der Waals surface area contributed by atoms with E-state index in [1.165, 1.54) is 11.0 Å². The number of carbonyl (C=O) groups is 4. The lowest BCUT2D eigenvalue weighted by atomic mass is 9.81. The van der Waals surface area contributed by atoms with Crippen molar-refractivity contribution in [2.45, 2.75) is 51.2 Å². The molecule has 0 radical (unpaired) electrons. The first-order valence-electron chi connectivity index (χ1n) is 11.7. The van der Waals surface area contributed by atoms with Crippen LogP contribution in [0.4, 0.5) is 9.59 Å². The third kappa shape index (κ3) is 4.39. The van der Waals surface area contributed by atoms with E-state index in [9.17, 15) is 29.4 Å². The summed E-state index contributed by atoms with van der Waals surface area (Å²) < 4.78 is 5.89. The van der Waals surface area contributed by atoms with E-state index in [1.807, 2.05) is 0 Å². The van der Waals surface area contributed by atoms with Gasteiger partial charge in [-0.25, -0.2) is 9.59 Å². The molecule has 2 heterocycles. The summed E-state index contributed by atoms with van der Waals surface area (Å²) in [5, 5.41) is 24.9. The van der Waals surface area contributed by atoms with Gasteiger partial charge in [-0.05, 0) is 37.5 Å². The Balaban J connectivity index is 1.72. The molecular formula is C26H29N3O7. The van der Waals surface area contributed by atoms with Gasteiger partial charge in [-0.15, -0.1) is 0 Å². The van der Waals surface area contributed by atoms with E-state index in [-0.39, 0.29) is 12.2 Å². The SMILES string of the molecule is CCN1CN([C@@H]2C[C@@](O)(C(=O)c3ccccc3C)[C@@H](C(=O)C(O)c3ccccc3C)O2)C(=O)NC1=O. The molecule has 2 saturated heterocycles. The lowest BCUT2D eigenvalue weighted by molar-refractivity contribution is -0.149. The maximum atomic E-state index is 13.7. The molecular weight excluding hydrogens is 466 g/mol. The molecule has 2 aromatic carbocycles. The zero-order valence-corrected chi connectivity index (χ0v) is 20.3. The predicted octanol–water partition coefficient (Wildman–Crippen LogP) is 2.06. The molecule has 4 amide bonds. The summed E-state index contributed by atoms with van der Waals surface area (Å²) in [6.07, 6.45) is -5.06. The van der Waals surface area contributed by atoms with Crippen LogP contribution in [0.3, 0.4) is 0 Å². The highest BCUT2D eigenvalue weighted by molar-refractivity contribution is 6.08. The molecule has 2 aliphatic heterocycles. The first-order chi connectivity index (χ1) is 17.1. The van der Waals surface area contributed by atoms with Gasteiger partial charge in [0.2, 0.25) is 0 Å². The number of benzene rings is 2. The Morgan fingerprint density at radius 3 is 2.36 bits per heavy atom. The molecule has 36 heavy (non-hydrogen) atoms. The van der Waals surface area contributed by atoms with Gasteiger partial charge in [-0.3, -0.25) is 19.8 Å². The summed E-state index contributed by atoms with van der Waals surface area (Å²) in [7, 11) is 0. The van der Waals surface area contributed by atoms with Gasteiger partial charge in [0.15, 0.2) is 23.3 Å². The quantitative estimate of drug-likeness (QED) is 0.500. The zero-order chi connectivity index (χ0) is 26.2. The topological polar surface area (TPSA) is 136 Å². The van der Waals surface area contributed by atoms with E-state index in [0.29, 0.717) is 23.2 Å². The van der Waals surface area contributed by atoms with Crippen LogP contribution in [0, 0.1) is 13.8 Å². The molecule has 190 valence electrons. The maximum absolute atomic E-state index is 13.7. The first-order valence-corrected chi connectivity index (χ1v) is 11.7. The molecule has 2 fully saturated rings. The Labute approximate surface area is 208 Å². The summed E-state index contributed by atoms with van der Waals surface area (Å²) in [5.41, 5.74) is -0.617. The van der Waals surface area contributed by atoms with Gasteiger partial charge < -0.3 is 19.8 Å². The van der Waals surface area contributed by atoms with E-state index in [1.54, 1.807) is 63.2 Å². The van der Waals surface area contributed by atoms with Crippen molar-refractivity contribution in [2.24, 2.45) is 0 Å². The minimum absolute atomic E-state index is 0.151. The number of hydrogen-bond acceptors (Lipinski definition) is 7. The van der Waals surface area contributed by atoms with Crippen molar-refractivity contribution >= 4 is 23.6 Å². The molecule has 0 saturated carbocycles. The van der Waals surface area contributed by atoms with E-state index < -0.39 is 54.1 Å². The second kappa shape index (κ2) is 9.81. The first kappa shape index (κ1) is 25.5. The number of aryl methyl sites for hydroxylation is 2. The van der Waals surface area contributed by atoms with E-state index in [2.05, 4.69) is 5.32 Å². The molecule has 10 heteroatoms. The second-order valence-corrected chi connectivity index (χ2v) is 9.11. The summed E-state index contributed by atoms with van der Waals surface area (Å²) in [6, 6.07) is 12.0. The van der Waals surface area contributed by atoms with Gasteiger partial charge in [0.1, 0.15) is 19.0 Å². The van der Waals surface area contributed by atoms with Crippen molar-refractivity contribution in [3.63, 3.8) is 0 Å². The Bertz CT molecular complexity index is 1220. The summed E-state index contributed by atoms with van der Waals surface area (Å²) >= 11 is 0. The molecule has 0 bridgehead atoms. The predicted molar refractivity (Wildman–Crippen MR) is 128 cm³/mol. The monoisotopic (exact) mass is 495 g/mol. The minimum Gasteiger partial charge on any atom is -0.380 e. The lowest BCUT2D eigenvalue weighted by Gasteiger charge is -2.37. The Morgan fingerprint density at radius 2 is 1.72 bits per heavy atom. The van der Waals surface area contributed by atoms with Crippen LogP contribution in [-0.2, 0) is 9.53 Å². The highest BCUT2D eigenvalue weighted by Crippen LogP contribution is 2.39. The number of hydrogen-bond donors (Lipinski definition) is 3. The Morgan fingerprint density at radius 1 is 1.08 bits per heavy atom. The van der Waals surface area contributed by atoms with Crippen LogP contribution in [0.5, 0.6) is 0 Å². The number of rotatable bonds is 7. The maximum Gasteiger partial charge on any atom is 0.328 e. The van der Waals surface area contributed by atoms with Crippen molar-refractivity contribution in [2.75, 3.05) is 13.2 Å². The molecule has 0 aromatic heterocycles. The molecule has 4 rings (SSSR count). The smallest absolute Gasteiger partial charge is 0.328 e.